The number of hydrogen-bond donors (Lipinski definition) is 2. The van der Waals surface area contributed by atoms with Crippen molar-refractivity contribution in [2.24, 2.45) is 62.4 Å². The van der Waals surface area contributed by atoms with Crippen LogP contribution in [0.2, 0.25) is 0 Å². The average Bonchev–Trinajstić information content (AvgIpc) is 2.75. The molecule has 5 aliphatic carbocycles. The molecule has 0 aromatic rings. The highest BCUT2D eigenvalue weighted by Gasteiger charge is 2.71. The third-order valence-electron chi connectivity index (χ3n) is 13.4. The first-order chi connectivity index (χ1) is 15.7. The summed E-state index contributed by atoms with van der Waals surface area (Å²) in [7, 11) is 0. The molecular formula is C30H47NO3. The summed E-state index contributed by atoms with van der Waals surface area (Å²) >= 11 is 0. The predicted octanol–water partition coefficient (Wildman–Crippen LogP) is 6.23. The van der Waals surface area contributed by atoms with E-state index in [9.17, 15) is 14.7 Å². The van der Waals surface area contributed by atoms with Gasteiger partial charge >= 0.3 is 5.97 Å². The number of carbonyl (C=O) groups is 2. The van der Waals surface area contributed by atoms with Crippen molar-refractivity contribution in [1.29, 1.82) is 0 Å². The van der Waals surface area contributed by atoms with E-state index in [1.807, 2.05) is 6.92 Å². The van der Waals surface area contributed by atoms with Gasteiger partial charge < -0.3 is 10.8 Å². The number of allylic oxidation sites excluding steroid dienone is 2. The van der Waals surface area contributed by atoms with Gasteiger partial charge in [0.1, 0.15) is 0 Å². The third kappa shape index (κ3) is 2.70. The van der Waals surface area contributed by atoms with Crippen molar-refractivity contribution in [1.82, 2.24) is 0 Å². The minimum absolute atomic E-state index is 0.00571. The van der Waals surface area contributed by atoms with E-state index >= 15 is 0 Å². The summed E-state index contributed by atoms with van der Waals surface area (Å²) in [6.07, 6.45) is 10.3. The first-order valence-electron chi connectivity index (χ1n) is 13.9. The molecule has 0 spiro atoms. The van der Waals surface area contributed by atoms with Gasteiger partial charge in [0.15, 0.2) is 5.78 Å². The number of carbonyl (C=O) groups excluding carboxylic acids is 1. The summed E-state index contributed by atoms with van der Waals surface area (Å²) in [6.45, 7) is 16.3. The Balaban J connectivity index is 1.65. The Morgan fingerprint density at radius 1 is 0.971 bits per heavy atom. The normalized spacial score (nSPS) is 56.9. The van der Waals surface area contributed by atoms with Crippen LogP contribution in [-0.4, -0.2) is 22.9 Å². The van der Waals surface area contributed by atoms with Gasteiger partial charge in [-0.1, -0.05) is 47.1 Å². The molecule has 0 radical (unpaired) electrons. The van der Waals surface area contributed by atoms with E-state index in [1.165, 1.54) is 24.8 Å². The first-order valence-corrected chi connectivity index (χ1v) is 13.9. The van der Waals surface area contributed by atoms with E-state index in [2.05, 4.69) is 47.6 Å². The van der Waals surface area contributed by atoms with E-state index in [4.69, 9.17) is 5.73 Å². The molecule has 190 valence electrons. The lowest BCUT2D eigenvalue weighted by Gasteiger charge is -2.70. The van der Waals surface area contributed by atoms with Crippen LogP contribution in [0.3, 0.4) is 0 Å². The molecule has 0 saturated heterocycles. The Morgan fingerprint density at radius 3 is 2.29 bits per heavy atom. The minimum atomic E-state index is -0.974. The van der Waals surface area contributed by atoms with Crippen LogP contribution in [0.15, 0.2) is 11.6 Å². The van der Waals surface area contributed by atoms with Gasteiger partial charge in [0, 0.05) is 12.0 Å². The molecule has 4 fully saturated rings. The Kier molecular flexibility index (Phi) is 5.20. The van der Waals surface area contributed by atoms with Gasteiger partial charge in [-0.2, -0.15) is 0 Å². The standard InChI is InChI=1S/C30H47NO3/c1-17-8-11-26(3)14-15-28(5)19(23(26)18(17)2)16-20(32)24-27(4)12-10-22(31)30(7,25(33)34)21(27)9-13-29(24,28)6/h16-18,21-24H,8-15,31H2,1-7H3,(H,33,34)/t17-,18+,21-,22+,23+,24-,26-,27+,28-,29-,30-/m1/s1. The maximum Gasteiger partial charge on any atom is 0.311 e. The van der Waals surface area contributed by atoms with Crippen LogP contribution in [0.1, 0.15) is 99.8 Å². The summed E-state index contributed by atoms with van der Waals surface area (Å²) < 4.78 is 0. The molecule has 0 aromatic carbocycles. The monoisotopic (exact) mass is 469 g/mol. The molecule has 0 unspecified atom stereocenters. The van der Waals surface area contributed by atoms with Crippen molar-refractivity contribution in [2.45, 2.75) is 106 Å². The zero-order chi connectivity index (χ0) is 25.1. The molecule has 0 amide bonds. The fourth-order valence-corrected chi connectivity index (χ4v) is 10.7. The maximum atomic E-state index is 14.3. The molecular weight excluding hydrogens is 422 g/mol. The van der Waals surface area contributed by atoms with Gasteiger partial charge in [0.05, 0.1) is 5.41 Å². The third-order valence-corrected chi connectivity index (χ3v) is 13.4. The minimum Gasteiger partial charge on any atom is -0.481 e. The van der Waals surface area contributed by atoms with Gasteiger partial charge in [-0.3, -0.25) is 9.59 Å². The number of nitrogens with two attached hydrogens (primary N) is 1. The smallest absolute Gasteiger partial charge is 0.311 e. The lowest BCUT2D eigenvalue weighted by atomic mass is 9.33. The van der Waals surface area contributed by atoms with E-state index in [-0.39, 0.29) is 39.9 Å². The molecule has 11 atom stereocenters. The highest BCUT2D eigenvalue weighted by Crippen LogP contribution is 2.75. The zero-order valence-corrected chi connectivity index (χ0v) is 22.5. The molecule has 0 bridgehead atoms. The van der Waals surface area contributed by atoms with E-state index in [0.29, 0.717) is 29.6 Å². The number of fused-ring (bicyclic) bond motifs is 7. The van der Waals surface area contributed by atoms with Crippen molar-refractivity contribution >= 4 is 11.8 Å². The number of aliphatic carboxylic acids is 1. The van der Waals surface area contributed by atoms with E-state index in [0.717, 1.165) is 25.7 Å². The average molecular weight is 470 g/mol. The summed E-state index contributed by atoms with van der Waals surface area (Å²) in [5.41, 5.74) is 6.78. The molecule has 5 aliphatic rings. The molecule has 0 aliphatic heterocycles. The lowest BCUT2D eigenvalue weighted by molar-refractivity contribution is -0.200. The number of hydrogen-bond acceptors (Lipinski definition) is 3. The Bertz CT molecular complexity index is 957. The Labute approximate surface area is 206 Å². The van der Waals surface area contributed by atoms with E-state index < -0.39 is 11.4 Å². The SMILES string of the molecule is C[C@H]1[C@H](C)CC[C@]2(C)CC[C@]3(C)C(=CC(=O)[C@@H]4[C@@]5(C)CC[C@H](N)[C@](C)(C(=O)O)[C@@H]5CC[C@]43C)[C@H]12. The number of rotatable bonds is 1. The van der Waals surface area contributed by atoms with Crippen molar-refractivity contribution in [3.63, 3.8) is 0 Å². The van der Waals surface area contributed by atoms with Crippen LogP contribution >= 0.6 is 0 Å². The zero-order valence-electron chi connectivity index (χ0n) is 22.5. The van der Waals surface area contributed by atoms with Crippen molar-refractivity contribution in [3.05, 3.63) is 11.6 Å². The quantitative estimate of drug-likeness (QED) is 0.477. The number of ketones is 1. The van der Waals surface area contributed by atoms with Crippen molar-refractivity contribution < 1.29 is 14.7 Å². The fourth-order valence-electron chi connectivity index (χ4n) is 10.7. The van der Waals surface area contributed by atoms with E-state index in [1.54, 1.807) is 0 Å². The van der Waals surface area contributed by atoms with Gasteiger partial charge in [0.25, 0.3) is 0 Å². The maximum absolute atomic E-state index is 14.3. The van der Waals surface area contributed by atoms with Gasteiger partial charge in [-0.05, 0) is 110 Å². The van der Waals surface area contributed by atoms with Crippen molar-refractivity contribution in [2.75, 3.05) is 0 Å². The second-order valence-corrected chi connectivity index (χ2v) is 14.5. The van der Waals surface area contributed by atoms with Crippen LogP contribution in [0.5, 0.6) is 0 Å². The van der Waals surface area contributed by atoms with Gasteiger partial charge in [-0.15, -0.1) is 0 Å². The highest BCUT2D eigenvalue weighted by atomic mass is 16.4. The molecule has 0 heterocycles. The second-order valence-electron chi connectivity index (χ2n) is 14.5. The van der Waals surface area contributed by atoms with Crippen LogP contribution in [0, 0.1) is 56.7 Å². The second kappa shape index (κ2) is 7.20. The molecule has 4 saturated carbocycles. The first kappa shape index (κ1) is 24.5. The number of carboxylic acids is 1. The Hall–Kier alpha value is -1.16. The Morgan fingerprint density at radius 2 is 1.65 bits per heavy atom. The molecule has 34 heavy (non-hydrogen) atoms. The highest BCUT2D eigenvalue weighted by molar-refractivity contribution is 5.96. The molecule has 4 heteroatoms. The lowest BCUT2D eigenvalue weighted by Crippen LogP contribution is -2.69. The van der Waals surface area contributed by atoms with Gasteiger partial charge in [0.2, 0.25) is 0 Å². The van der Waals surface area contributed by atoms with Crippen LogP contribution < -0.4 is 5.73 Å². The molecule has 3 N–H and O–H groups in total. The van der Waals surface area contributed by atoms with Crippen LogP contribution in [-0.2, 0) is 9.59 Å². The molecule has 5 rings (SSSR count). The largest absolute Gasteiger partial charge is 0.481 e. The summed E-state index contributed by atoms with van der Waals surface area (Å²) in [5.74, 6) is 1.05. The van der Waals surface area contributed by atoms with Crippen LogP contribution in [0.4, 0.5) is 0 Å². The predicted molar refractivity (Wildman–Crippen MR) is 135 cm³/mol. The summed E-state index contributed by atoms with van der Waals surface area (Å²) in [4.78, 5) is 26.8. The van der Waals surface area contributed by atoms with Gasteiger partial charge in [-0.25, -0.2) is 0 Å². The summed E-state index contributed by atoms with van der Waals surface area (Å²) in [6, 6.07) is -0.354. The molecule has 4 nitrogen and oxygen atoms in total. The summed E-state index contributed by atoms with van der Waals surface area (Å²) in [5, 5.41) is 10.3. The number of carboxylic acid groups (broad SMARTS) is 1. The fraction of sp³-hybridized carbons (Fsp3) is 0.867. The van der Waals surface area contributed by atoms with Crippen molar-refractivity contribution in [3.8, 4) is 0 Å². The van der Waals surface area contributed by atoms with Crippen LogP contribution in [0.25, 0.3) is 0 Å². The topological polar surface area (TPSA) is 80.4 Å². The molecule has 0 aromatic heterocycles.